The second-order valence-corrected chi connectivity index (χ2v) is 7.74. The Kier molecular flexibility index (Phi) is 6.18. The lowest BCUT2D eigenvalue weighted by Crippen LogP contribution is -2.41. The molecule has 3 N–H and O–H groups in total. The number of hydrogen-bond acceptors (Lipinski definition) is 5. The molecule has 0 amide bonds. The lowest BCUT2D eigenvalue weighted by atomic mass is 10.0. The molecule has 0 unspecified atom stereocenters. The Morgan fingerprint density at radius 1 is 1.10 bits per heavy atom. The fourth-order valence-electron chi connectivity index (χ4n) is 3.83. The fraction of sp³-hybridized carbons (Fsp3) is 0.348. The van der Waals surface area contributed by atoms with Crippen molar-refractivity contribution in [1.29, 1.82) is 0 Å². The van der Waals surface area contributed by atoms with E-state index in [1.54, 1.807) is 11.7 Å². The maximum absolute atomic E-state index is 13.2. The van der Waals surface area contributed by atoms with Gasteiger partial charge in [0.25, 0.3) is 5.56 Å². The second kappa shape index (κ2) is 9.18. The highest BCUT2D eigenvalue weighted by Crippen LogP contribution is 2.19. The zero-order valence-electron chi connectivity index (χ0n) is 17.6. The van der Waals surface area contributed by atoms with Crippen molar-refractivity contribution in [1.82, 2.24) is 19.1 Å². The van der Waals surface area contributed by atoms with Crippen LogP contribution < -0.4 is 17.0 Å². The van der Waals surface area contributed by atoms with Gasteiger partial charge in [-0.3, -0.25) is 13.9 Å². The molecule has 0 fully saturated rings. The highest BCUT2D eigenvalue weighted by atomic mass is 16.5. The highest BCUT2D eigenvalue weighted by molar-refractivity contribution is 5.70. The summed E-state index contributed by atoms with van der Waals surface area (Å²) in [7, 11) is 1.55. The Hall–Kier alpha value is -3.39. The number of nitrogens with zero attached hydrogens (tertiary/aromatic N) is 3. The smallest absolute Gasteiger partial charge is 0.332 e. The van der Waals surface area contributed by atoms with Crippen LogP contribution in [0.4, 0.5) is 0 Å². The van der Waals surface area contributed by atoms with Crippen molar-refractivity contribution >= 4 is 11.2 Å². The van der Waals surface area contributed by atoms with Gasteiger partial charge in [0.1, 0.15) is 11.3 Å². The minimum Gasteiger partial charge on any atom is -0.402 e. The standard InChI is InChI=1S/C23H27N5O3/c1-31-14-13-28-22(29)20-21(26-19(25-20)15-17-5-3-2-4-6-17)27(23(28)30)12-11-16-7-9-18(24)10-8-16/h2-7,9H,8,10-15,24H2,1H3,(H,25,26). The van der Waals surface area contributed by atoms with Crippen molar-refractivity contribution in [3.63, 3.8) is 0 Å². The first-order chi connectivity index (χ1) is 15.1. The second-order valence-electron chi connectivity index (χ2n) is 7.74. The van der Waals surface area contributed by atoms with E-state index in [2.05, 4.69) is 9.97 Å². The lowest BCUT2D eigenvalue weighted by Gasteiger charge is -2.14. The number of nitrogens with one attached hydrogen (secondary N) is 1. The van der Waals surface area contributed by atoms with Crippen molar-refractivity contribution in [2.45, 2.75) is 38.8 Å². The molecule has 162 valence electrons. The first kappa shape index (κ1) is 20.9. The summed E-state index contributed by atoms with van der Waals surface area (Å²) < 4.78 is 7.92. The number of imidazole rings is 1. The van der Waals surface area contributed by atoms with Crippen LogP contribution in [-0.2, 0) is 24.2 Å². The molecule has 8 heteroatoms. The Labute approximate surface area is 179 Å². The van der Waals surface area contributed by atoms with E-state index in [9.17, 15) is 9.59 Å². The number of aromatic nitrogens is 4. The van der Waals surface area contributed by atoms with Gasteiger partial charge in [-0.05, 0) is 30.9 Å². The third-order valence-corrected chi connectivity index (χ3v) is 5.57. The molecule has 3 aromatic rings. The van der Waals surface area contributed by atoms with Gasteiger partial charge < -0.3 is 15.5 Å². The number of benzene rings is 1. The Bertz CT molecular complexity index is 1250. The molecule has 0 spiro atoms. The van der Waals surface area contributed by atoms with Crippen molar-refractivity contribution in [3.8, 4) is 0 Å². The maximum Gasteiger partial charge on any atom is 0.332 e. The third kappa shape index (κ3) is 4.54. The molecule has 31 heavy (non-hydrogen) atoms. The minimum absolute atomic E-state index is 0.194. The minimum atomic E-state index is -0.368. The third-order valence-electron chi connectivity index (χ3n) is 5.57. The monoisotopic (exact) mass is 421 g/mol. The van der Waals surface area contributed by atoms with Crippen LogP contribution in [0.1, 0.15) is 30.7 Å². The van der Waals surface area contributed by atoms with Crippen molar-refractivity contribution in [2.24, 2.45) is 5.73 Å². The molecule has 8 nitrogen and oxygen atoms in total. The summed E-state index contributed by atoms with van der Waals surface area (Å²) in [6.07, 6.45) is 6.89. The summed E-state index contributed by atoms with van der Waals surface area (Å²) in [5.74, 6) is 0.656. The van der Waals surface area contributed by atoms with Crippen molar-refractivity contribution in [3.05, 3.63) is 86.0 Å². The summed E-state index contributed by atoms with van der Waals surface area (Å²) in [4.78, 5) is 34.0. The van der Waals surface area contributed by atoms with Gasteiger partial charge in [-0.25, -0.2) is 9.78 Å². The number of fused-ring (bicyclic) bond motifs is 1. The normalized spacial score (nSPS) is 14.0. The van der Waals surface area contributed by atoms with E-state index in [0.29, 0.717) is 36.4 Å². The summed E-state index contributed by atoms with van der Waals surface area (Å²) in [6, 6.07) is 9.89. The van der Waals surface area contributed by atoms with Crippen molar-refractivity contribution < 1.29 is 4.74 Å². The first-order valence-corrected chi connectivity index (χ1v) is 10.5. The number of H-pyrrole nitrogens is 1. The Balaban J connectivity index is 1.74. The molecule has 1 aliphatic carbocycles. The molecule has 2 aromatic heterocycles. The predicted molar refractivity (Wildman–Crippen MR) is 120 cm³/mol. The van der Waals surface area contributed by atoms with E-state index in [4.69, 9.17) is 10.5 Å². The molecule has 0 saturated carbocycles. The number of nitrogens with two attached hydrogens (primary N) is 1. The number of allylic oxidation sites excluding steroid dienone is 4. The zero-order chi connectivity index (χ0) is 21.8. The van der Waals surface area contributed by atoms with E-state index in [-0.39, 0.29) is 24.4 Å². The van der Waals surface area contributed by atoms with E-state index in [0.717, 1.165) is 24.1 Å². The van der Waals surface area contributed by atoms with Crippen LogP contribution in [0.25, 0.3) is 11.2 Å². The van der Waals surface area contributed by atoms with Crippen molar-refractivity contribution in [2.75, 3.05) is 13.7 Å². The summed E-state index contributed by atoms with van der Waals surface area (Å²) in [5.41, 5.74) is 9.04. The topological polar surface area (TPSA) is 108 Å². The Morgan fingerprint density at radius 3 is 2.61 bits per heavy atom. The quantitative estimate of drug-likeness (QED) is 0.579. The molecule has 4 rings (SSSR count). The lowest BCUT2D eigenvalue weighted by molar-refractivity contribution is 0.184. The predicted octanol–water partition coefficient (Wildman–Crippen LogP) is 2.08. The number of aryl methyl sites for hydroxylation is 1. The molecule has 2 heterocycles. The van der Waals surface area contributed by atoms with Crippen LogP contribution in [0, 0.1) is 0 Å². The first-order valence-electron chi connectivity index (χ1n) is 10.5. The van der Waals surface area contributed by atoms with Crippen LogP contribution in [0.2, 0.25) is 0 Å². The number of aromatic amines is 1. The fourth-order valence-corrected chi connectivity index (χ4v) is 3.83. The van der Waals surface area contributed by atoms with Crippen LogP contribution in [-0.4, -0.2) is 32.8 Å². The van der Waals surface area contributed by atoms with E-state index in [1.807, 2.05) is 42.5 Å². The molecule has 0 radical (unpaired) electrons. The van der Waals surface area contributed by atoms with Gasteiger partial charge in [0.15, 0.2) is 5.65 Å². The molecule has 0 saturated heterocycles. The molecular weight excluding hydrogens is 394 g/mol. The largest absolute Gasteiger partial charge is 0.402 e. The Morgan fingerprint density at radius 2 is 1.90 bits per heavy atom. The average Bonchev–Trinajstić information content (AvgIpc) is 3.19. The molecular formula is C23H27N5O3. The van der Waals surface area contributed by atoms with Crippen LogP contribution >= 0.6 is 0 Å². The SMILES string of the molecule is COCCn1c(=O)c2[nH]c(Cc3ccccc3)nc2n(CCC2=CC=C(N)CC2)c1=O. The molecule has 1 aliphatic rings. The molecule has 1 aromatic carbocycles. The van der Waals surface area contributed by atoms with E-state index >= 15 is 0 Å². The van der Waals surface area contributed by atoms with Crippen LogP contribution in [0.3, 0.4) is 0 Å². The number of methoxy groups -OCH3 is 1. The summed E-state index contributed by atoms with van der Waals surface area (Å²) in [5, 5.41) is 0. The van der Waals surface area contributed by atoms with Gasteiger partial charge in [-0.2, -0.15) is 0 Å². The average molecular weight is 422 g/mol. The molecule has 0 aliphatic heterocycles. The van der Waals surface area contributed by atoms with E-state index < -0.39 is 0 Å². The van der Waals surface area contributed by atoms with Gasteiger partial charge >= 0.3 is 5.69 Å². The van der Waals surface area contributed by atoms with Crippen LogP contribution in [0.5, 0.6) is 0 Å². The summed E-state index contributed by atoms with van der Waals surface area (Å²) >= 11 is 0. The number of hydrogen-bond donors (Lipinski definition) is 2. The van der Waals surface area contributed by atoms with E-state index in [1.165, 1.54) is 10.1 Å². The highest BCUT2D eigenvalue weighted by Gasteiger charge is 2.18. The maximum atomic E-state index is 13.2. The number of ether oxygens (including phenoxy) is 1. The van der Waals surface area contributed by atoms with Gasteiger partial charge in [-0.1, -0.05) is 42.0 Å². The van der Waals surface area contributed by atoms with Gasteiger partial charge in [0, 0.05) is 25.8 Å². The van der Waals surface area contributed by atoms with Gasteiger partial charge in [0.05, 0.1) is 13.2 Å². The number of rotatable bonds is 8. The molecule has 0 atom stereocenters. The summed E-state index contributed by atoms with van der Waals surface area (Å²) in [6.45, 7) is 0.914. The zero-order valence-corrected chi connectivity index (χ0v) is 17.6. The molecule has 0 bridgehead atoms. The van der Waals surface area contributed by atoms with Gasteiger partial charge in [0.2, 0.25) is 0 Å². The van der Waals surface area contributed by atoms with Crippen LogP contribution in [0.15, 0.2) is 63.3 Å². The van der Waals surface area contributed by atoms with Gasteiger partial charge in [-0.15, -0.1) is 0 Å².